The summed E-state index contributed by atoms with van der Waals surface area (Å²) in [5.41, 5.74) is 0. The predicted octanol–water partition coefficient (Wildman–Crippen LogP) is 2.05. The van der Waals surface area contributed by atoms with Crippen molar-refractivity contribution in [2.75, 3.05) is 13.2 Å². The van der Waals surface area contributed by atoms with Crippen molar-refractivity contribution < 1.29 is 22.7 Å². The van der Waals surface area contributed by atoms with Crippen LogP contribution in [0.15, 0.2) is 0 Å². The molecule has 0 radical (unpaired) electrons. The Labute approximate surface area is 104 Å². The number of alkyl carbamates (subject to hydrolysis) is 1. The Morgan fingerprint density at radius 3 is 2.56 bits per heavy atom. The lowest BCUT2D eigenvalue weighted by Crippen LogP contribution is -2.54. The van der Waals surface area contributed by atoms with Crippen molar-refractivity contribution in [1.82, 2.24) is 10.6 Å². The number of rotatable bonds is 3. The van der Waals surface area contributed by atoms with E-state index in [4.69, 9.17) is 4.74 Å². The Bertz CT molecular complexity index is 274. The largest absolute Gasteiger partial charge is 0.449 e. The normalized spacial score (nSPS) is 25.0. The van der Waals surface area contributed by atoms with Gasteiger partial charge in [0.2, 0.25) is 0 Å². The van der Waals surface area contributed by atoms with Gasteiger partial charge in [0, 0.05) is 12.6 Å². The lowest BCUT2D eigenvalue weighted by Gasteiger charge is -2.31. The molecule has 2 atom stereocenters. The Hall–Kier alpha value is -0.980. The third kappa shape index (κ3) is 5.12. The molecule has 1 saturated heterocycles. The quantitative estimate of drug-likeness (QED) is 0.823. The fraction of sp³-hybridized carbons (Fsp3) is 0.909. The first-order chi connectivity index (χ1) is 8.29. The zero-order chi connectivity index (χ0) is 13.8. The third-order valence-corrected chi connectivity index (χ3v) is 2.68. The minimum atomic E-state index is -4.22. The number of carbonyl (C=O) groups excluding carboxylic acids is 1. The van der Waals surface area contributed by atoms with Gasteiger partial charge in [-0.15, -0.1) is 0 Å². The van der Waals surface area contributed by atoms with Crippen LogP contribution >= 0.6 is 0 Å². The van der Waals surface area contributed by atoms with Gasteiger partial charge in [0.05, 0.1) is 6.61 Å². The SMILES string of the molecule is CC(C)COC(=O)NC1CCC(C(F)(F)F)NC1. The van der Waals surface area contributed by atoms with Crippen LogP contribution in [-0.2, 0) is 4.74 Å². The van der Waals surface area contributed by atoms with E-state index in [1.54, 1.807) is 0 Å². The molecule has 0 aliphatic carbocycles. The molecule has 0 aromatic heterocycles. The molecular formula is C11H19F3N2O2. The highest BCUT2D eigenvalue weighted by Gasteiger charge is 2.41. The molecule has 7 heteroatoms. The summed E-state index contributed by atoms with van der Waals surface area (Å²) in [5, 5.41) is 4.94. The van der Waals surface area contributed by atoms with Gasteiger partial charge in [0.1, 0.15) is 6.04 Å². The summed E-state index contributed by atoms with van der Waals surface area (Å²) < 4.78 is 42.0. The first-order valence-corrected chi connectivity index (χ1v) is 6.02. The summed E-state index contributed by atoms with van der Waals surface area (Å²) in [7, 11) is 0. The highest BCUT2D eigenvalue weighted by molar-refractivity contribution is 5.67. The van der Waals surface area contributed by atoms with E-state index >= 15 is 0 Å². The zero-order valence-electron chi connectivity index (χ0n) is 10.5. The first-order valence-electron chi connectivity index (χ1n) is 6.02. The van der Waals surface area contributed by atoms with E-state index in [2.05, 4.69) is 10.6 Å². The summed E-state index contributed by atoms with van der Waals surface area (Å²) >= 11 is 0. The third-order valence-electron chi connectivity index (χ3n) is 2.68. The monoisotopic (exact) mass is 268 g/mol. The molecule has 1 fully saturated rings. The van der Waals surface area contributed by atoms with E-state index in [-0.39, 0.29) is 24.9 Å². The van der Waals surface area contributed by atoms with Crippen LogP contribution in [0.2, 0.25) is 0 Å². The fourth-order valence-corrected chi connectivity index (χ4v) is 1.71. The van der Waals surface area contributed by atoms with Crippen molar-refractivity contribution in [3.05, 3.63) is 0 Å². The lowest BCUT2D eigenvalue weighted by molar-refractivity contribution is -0.160. The van der Waals surface area contributed by atoms with Gasteiger partial charge in [-0.3, -0.25) is 0 Å². The molecule has 0 aromatic carbocycles. The molecule has 4 nitrogen and oxygen atoms in total. The number of alkyl halides is 3. The topological polar surface area (TPSA) is 50.4 Å². The van der Waals surface area contributed by atoms with Gasteiger partial charge in [0.15, 0.2) is 0 Å². The Kier molecular flexibility index (Phi) is 5.25. The maximum atomic E-state index is 12.4. The van der Waals surface area contributed by atoms with Crippen LogP contribution in [-0.4, -0.2) is 37.5 Å². The second-order valence-electron chi connectivity index (χ2n) is 4.91. The van der Waals surface area contributed by atoms with Crippen LogP contribution < -0.4 is 10.6 Å². The average Bonchev–Trinajstić information content (AvgIpc) is 2.26. The van der Waals surface area contributed by atoms with Crippen molar-refractivity contribution in [2.45, 2.75) is 44.9 Å². The van der Waals surface area contributed by atoms with Crippen LogP contribution in [0.5, 0.6) is 0 Å². The highest BCUT2D eigenvalue weighted by Crippen LogP contribution is 2.26. The van der Waals surface area contributed by atoms with Crippen molar-refractivity contribution in [1.29, 1.82) is 0 Å². The summed E-state index contributed by atoms with van der Waals surface area (Å²) in [5.74, 6) is 0.231. The van der Waals surface area contributed by atoms with E-state index in [9.17, 15) is 18.0 Å². The molecule has 0 aromatic rings. The molecule has 1 rings (SSSR count). The van der Waals surface area contributed by atoms with E-state index < -0.39 is 18.3 Å². The van der Waals surface area contributed by atoms with E-state index in [0.29, 0.717) is 13.0 Å². The van der Waals surface area contributed by atoms with Crippen LogP contribution in [0.4, 0.5) is 18.0 Å². The second-order valence-corrected chi connectivity index (χ2v) is 4.91. The summed E-state index contributed by atoms with van der Waals surface area (Å²) in [4.78, 5) is 11.3. The number of nitrogens with one attached hydrogen (secondary N) is 2. The van der Waals surface area contributed by atoms with Crippen molar-refractivity contribution in [3.8, 4) is 0 Å². The summed E-state index contributed by atoms with van der Waals surface area (Å²) in [6, 6.07) is -1.77. The minimum absolute atomic E-state index is 0.0291. The molecule has 1 amide bonds. The number of ether oxygens (including phenoxy) is 1. The van der Waals surface area contributed by atoms with Gasteiger partial charge in [-0.1, -0.05) is 13.8 Å². The molecule has 18 heavy (non-hydrogen) atoms. The van der Waals surface area contributed by atoms with Crippen molar-refractivity contribution >= 4 is 6.09 Å². The molecule has 0 bridgehead atoms. The van der Waals surface area contributed by atoms with Crippen molar-refractivity contribution in [2.24, 2.45) is 5.92 Å². The van der Waals surface area contributed by atoms with Gasteiger partial charge in [-0.25, -0.2) is 4.79 Å². The molecule has 0 saturated carbocycles. The van der Waals surface area contributed by atoms with Gasteiger partial charge in [0.25, 0.3) is 0 Å². The molecular weight excluding hydrogens is 249 g/mol. The number of piperidine rings is 1. The smallest absolute Gasteiger partial charge is 0.407 e. The molecule has 0 spiro atoms. The van der Waals surface area contributed by atoms with Gasteiger partial charge >= 0.3 is 12.3 Å². The van der Waals surface area contributed by atoms with E-state index in [1.165, 1.54) is 0 Å². The molecule has 106 valence electrons. The molecule has 1 aliphatic heterocycles. The fourth-order valence-electron chi connectivity index (χ4n) is 1.71. The number of amides is 1. The average molecular weight is 268 g/mol. The van der Waals surface area contributed by atoms with Crippen LogP contribution in [0.25, 0.3) is 0 Å². The molecule has 2 unspecified atom stereocenters. The zero-order valence-corrected chi connectivity index (χ0v) is 10.5. The predicted molar refractivity (Wildman–Crippen MR) is 60.2 cm³/mol. The molecule has 2 N–H and O–H groups in total. The van der Waals surface area contributed by atoms with Crippen LogP contribution in [0.3, 0.4) is 0 Å². The number of halogens is 3. The Balaban J connectivity index is 2.25. The van der Waals surface area contributed by atoms with Crippen LogP contribution in [0.1, 0.15) is 26.7 Å². The van der Waals surface area contributed by atoms with E-state index in [0.717, 1.165) is 0 Å². The van der Waals surface area contributed by atoms with E-state index in [1.807, 2.05) is 13.8 Å². The first kappa shape index (κ1) is 15.1. The number of carbonyl (C=O) groups is 1. The van der Waals surface area contributed by atoms with Crippen LogP contribution in [0, 0.1) is 5.92 Å². The second kappa shape index (κ2) is 6.26. The summed E-state index contributed by atoms with van der Waals surface area (Å²) in [6.07, 6.45) is -4.52. The maximum Gasteiger partial charge on any atom is 0.407 e. The number of hydrogen-bond donors (Lipinski definition) is 2. The van der Waals surface area contributed by atoms with Gasteiger partial charge in [-0.2, -0.15) is 13.2 Å². The molecule has 1 aliphatic rings. The summed E-state index contributed by atoms with van der Waals surface area (Å²) in [6.45, 7) is 4.23. The van der Waals surface area contributed by atoms with Gasteiger partial charge in [-0.05, 0) is 18.8 Å². The molecule has 1 heterocycles. The highest BCUT2D eigenvalue weighted by atomic mass is 19.4. The minimum Gasteiger partial charge on any atom is -0.449 e. The number of hydrogen-bond acceptors (Lipinski definition) is 3. The Morgan fingerprint density at radius 1 is 1.44 bits per heavy atom. The standard InChI is InChI=1S/C11H19F3N2O2/c1-7(2)6-18-10(17)16-8-3-4-9(15-5-8)11(12,13)14/h7-9,15H,3-6H2,1-2H3,(H,16,17). The van der Waals surface area contributed by atoms with Crippen molar-refractivity contribution in [3.63, 3.8) is 0 Å². The Morgan fingerprint density at radius 2 is 2.11 bits per heavy atom. The van der Waals surface area contributed by atoms with Gasteiger partial charge < -0.3 is 15.4 Å². The maximum absolute atomic E-state index is 12.4. The lowest BCUT2D eigenvalue weighted by atomic mass is 10.0.